The highest BCUT2D eigenvalue weighted by Crippen LogP contribution is 2.43. The van der Waals surface area contributed by atoms with Gasteiger partial charge < -0.3 is 18.9 Å². The SMILES string of the molecule is CC(=O)OC[C@H](COP(=O)(O)OCC[N+](C)(C)C)OC=O. The Morgan fingerprint density at radius 2 is 1.90 bits per heavy atom. The van der Waals surface area contributed by atoms with Crippen molar-refractivity contribution in [2.75, 3.05) is 47.5 Å². The van der Waals surface area contributed by atoms with Crippen molar-refractivity contribution in [1.29, 1.82) is 0 Å². The molecule has 0 heterocycles. The number of esters is 1. The molecule has 0 aliphatic carbocycles. The monoisotopic (exact) mass is 328 g/mol. The predicted molar refractivity (Wildman–Crippen MR) is 72.2 cm³/mol. The number of hydrogen-bond donors (Lipinski definition) is 1. The van der Waals surface area contributed by atoms with Crippen molar-refractivity contribution in [1.82, 2.24) is 0 Å². The van der Waals surface area contributed by atoms with Gasteiger partial charge in [-0.3, -0.25) is 18.6 Å². The number of phosphoric ester groups is 1. The molecule has 0 saturated carbocycles. The molecule has 10 heteroatoms. The van der Waals surface area contributed by atoms with Gasteiger partial charge in [0.25, 0.3) is 6.47 Å². The highest BCUT2D eigenvalue weighted by Gasteiger charge is 2.25. The fourth-order valence-corrected chi connectivity index (χ4v) is 1.80. The Morgan fingerprint density at radius 3 is 2.38 bits per heavy atom. The molecular formula is C11H23NO8P+. The summed E-state index contributed by atoms with van der Waals surface area (Å²) in [7, 11) is 1.46. The van der Waals surface area contributed by atoms with Crippen LogP contribution in [0.2, 0.25) is 0 Å². The third kappa shape index (κ3) is 12.5. The van der Waals surface area contributed by atoms with Crippen molar-refractivity contribution in [3.63, 3.8) is 0 Å². The molecule has 21 heavy (non-hydrogen) atoms. The number of quaternary nitrogens is 1. The number of likely N-dealkylation sites (N-methyl/N-ethyl adjacent to an activating group) is 1. The maximum atomic E-state index is 11.6. The fraction of sp³-hybridized carbons (Fsp3) is 0.818. The lowest BCUT2D eigenvalue weighted by atomic mass is 10.4. The smallest absolute Gasteiger partial charge is 0.462 e. The second-order valence-corrected chi connectivity index (χ2v) is 6.72. The van der Waals surface area contributed by atoms with E-state index in [4.69, 9.17) is 9.05 Å². The molecule has 0 saturated heterocycles. The summed E-state index contributed by atoms with van der Waals surface area (Å²) in [5.41, 5.74) is 0. The maximum Gasteiger partial charge on any atom is 0.472 e. The van der Waals surface area contributed by atoms with E-state index in [0.29, 0.717) is 11.0 Å². The van der Waals surface area contributed by atoms with Crippen molar-refractivity contribution in [3.8, 4) is 0 Å². The molecule has 1 N–H and O–H groups in total. The number of phosphoric acid groups is 1. The predicted octanol–water partition coefficient (Wildman–Crippen LogP) is -0.0691. The normalized spacial score (nSPS) is 15.9. The fourth-order valence-electron chi connectivity index (χ4n) is 1.06. The molecule has 124 valence electrons. The zero-order chi connectivity index (χ0) is 16.5. The molecule has 0 bridgehead atoms. The number of ether oxygens (including phenoxy) is 2. The van der Waals surface area contributed by atoms with Crippen molar-refractivity contribution in [2.24, 2.45) is 0 Å². The molecule has 2 atom stereocenters. The molecular weight excluding hydrogens is 305 g/mol. The van der Waals surface area contributed by atoms with E-state index in [-0.39, 0.29) is 19.7 Å². The van der Waals surface area contributed by atoms with Gasteiger partial charge in [-0.05, 0) is 0 Å². The van der Waals surface area contributed by atoms with Gasteiger partial charge >= 0.3 is 13.8 Å². The van der Waals surface area contributed by atoms with Gasteiger partial charge in [-0.2, -0.15) is 0 Å². The first-order valence-electron chi connectivity index (χ1n) is 6.20. The van der Waals surface area contributed by atoms with E-state index in [1.165, 1.54) is 6.92 Å². The summed E-state index contributed by atoms with van der Waals surface area (Å²) in [4.78, 5) is 30.4. The molecule has 0 aliphatic rings. The summed E-state index contributed by atoms with van der Waals surface area (Å²) in [6.45, 7) is 1.16. The average Bonchev–Trinajstić information content (AvgIpc) is 2.30. The average molecular weight is 328 g/mol. The van der Waals surface area contributed by atoms with Crippen LogP contribution in [0.25, 0.3) is 0 Å². The lowest BCUT2D eigenvalue weighted by molar-refractivity contribution is -0.870. The first-order chi connectivity index (χ1) is 9.56. The van der Waals surface area contributed by atoms with Crippen LogP contribution in [0.5, 0.6) is 0 Å². The second-order valence-electron chi connectivity index (χ2n) is 5.27. The molecule has 0 fully saturated rings. The first kappa shape index (κ1) is 20.0. The minimum absolute atomic E-state index is 0.0282. The topological polar surface area (TPSA) is 108 Å². The number of hydrogen-bond acceptors (Lipinski definition) is 7. The van der Waals surface area contributed by atoms with Crippen molar-refractivity contribution < 1.29 is 42.1 Å². The molecule has 0 spiro atoms. The van der Waals surface area contributed by atoms with Gasteiger partial charge in [-0.25, -0.2) is 4.57 Å². The van der Waals surface area contributed by atoms with E-state index in [0.717, 1.165) is 0 Å². The second kappa shape index (κ2) is 9.11. The number of carbonyl (C=O) groups excluding carboxylic acids is 2. The highest BCUT2D eigenvalue weighted by atomic mass is 31.2. The molecule has 1 unspecified atom stereocenters. The Balaban J connectivity index is 4.19. The molecule has 0 amide bonds. The maximum absolute atomic E-state index is 11.6. The van der Waals surface area contributed by atoms with Crippen molar-refractivity contribution in [3.05, 3.63) is 0 Å². The summed E-state index contributed by atoms with van der Waals surface area (Å²) in [5.74, 6) is -0.569. The van der Waals surface area contributed by atoms with E-state index in [1.807, 2.05) is 21.1 Å². The minimum atomic E-state index is -4.25. The summed E-state index contributed by atoms with van der Waals surface area (Å²) in [6.07, 6.45) is -0.978. The van der Waals surface area contributed by atoms with E-state index in [9.17, 15) is 19.0 Å². The van der Waals surface area contributed by atoms with Gasteiger partial charge in [0.15, 0.2) is 6.10 Å². The molecule has 0 aromatic carbocycles. The Bertz CT molecular complexity index is 381. The van der Waals surface area contributed by atoms with Crippen LogP contribution in [0.1, 0.15) is 6.92 Å². The Morgan fingerprint density at radius 1 is 1.29 bits per heavy atom. The van der Waals surface area contributed by atoms with E-state index in [2.05, 4.69) is 9.47 Å². The quantitative estimate of drug-likeness (QED) is 0.243. The third-order valence-electron chi connectivity index (χ3n) is 2.16. The van der Waals surface area contributed by atoms with Crippen LogP contribution < -0.4 is 0 Å². The van der Waals surface area contributed by atoms with E-state index >= 15 is 0 Å². The lowest BCUT2D eigenvalue weighted by Crippen LogP contribution is -2.37. The standard InChI is InChI=1S/C11H22NO8P/c1-10(14)17-7-11(18-9-13)8-20-21(15,16)19-6-5-12(2,3)4/h9,11H,5-8H2,1-4H3/p+1/t11-/m1/s1. The van der Waals surface area contributed by atoms with Crippen LogP contribution in [-0.2, 0) is 32.7 Å². The molecule has 0 aliphatic heterocycles. The van der Waals surface area contributed by atoms with Gasteiger partial charge in [0.1, 0.15) is 19.8 Å². The van der Waals surface area contributed by atoms with Crippen LogP contribution >= 0.6 is 7.82 Å². The van der Waals surface area contributed by atoms with E-state index in [1.54, 1.807) is 0 Å². The van der Waals surface area contributed by atoms with Crippen LogP contribution in [0.15, 0.2) is 0 Å². The zero-order valence-corrected chi connectivity index (χ0v) is 13.6. The van der Waals surface area contributed by atoms with Crippen molar-refractivity contribution in [2.45, 2.75) is 13.0 Å². The Hall–Kier alpha value is -0.990. The summed E-state index contributed by atoms with van der Waals surface area (Å²) < 4.78 is 30.8. The number of nitrogens with zero attached hydrogens (tertiary/aromatic N) is 1. The third-order valence-corrected chi connectivity index (χ3v) is 3.14. The zero-order valence-electron chi connectivity index (χ0n) is 12.7. The Labute approximate surface area is 123 Å². The Kier molecular flexibility index (Phi) is 8.68. The first-order valence-corrected chi connectivity index (χ1v) is 7.70. The molecule has 0 radical (unpaired) electrons. The van der Waals surface area contributed by atoms with Gasteiger partial charge in [0.05, 0.1) is 27.7 Å². The van der Waals surface area contributed by atoms with Crippen LogP contribution in [0.4, 0.5) is 0 Å². The molecule has 0 aromatic rings. The van der Waals surface area contributed by atoms with Crippen LogP contribution in [0.3, 0.4) is 0 Å². The van der Waals surface area contributed by atoms with E-state index < -0.39 is 26.5 Å². The lowest BCUT2D eigenvalue weighted by Gasteiger charge is -2.24. The minimum Gasteiger partial charge on any atom is -0.462 e. The van der Waals surface area contributed by atoms with Crippen LogP contribution in [0, 0.1) is 0 Å². The van der Waals surface area contributed by atoms with Gasteiger partial charge in [0.2, 0.25) is 0 Å². The van der Waals surface area contributed by atoms with Gasteiger partial charge in [-0.1, -0.05) is 0 Å². The summed E-state index contributed by atoms with van der Waals surface area (Å²) in [5, 5.41) is 0. The molecule has 0 aromatic heterocycles. The van der Waals surface area contributed by atoms with Crippen LogP contribution in [-0.4, -0.2) is 75.4 Å². The summed E-state index contributed by atoms with van der Waals surface area (Å²) >= 11 is 0. The highest BCUT2D eigenvalue weighted by molar-refractivity contribution is 7.47. The van der Waals surface area contributed by atoms with Crippen molar-refractivity contribution >= 4 is 20.3 Å². The summed E-state index contributed by atoms with van der Waals surface area (Å²) in [6, 6.07) is 0. The molecule has 9 nitrogen and oxygen atoms in total. The number of carbonyl (C=O) groups is 2. The van der Waals surface area contributed by atoms with Gasteiger partial charge in [0, 0.05) is 6.92 Å². The van der Waals surface area contributed by atoms with Gasteiger partial charge in [-0.15, -0.1) is 0 Å². The molecule has 0 rings (SSSR count). The number of rotatable bonds is 11. The largest absolute Gasteiger partial charge is 0.472 e.